The molecular weight excluding hydrogens is 290 g/mol. The summed E-state index contributed by atoms with van der Waals surface area (Å²) in [4.78, 5) is 22.4. The van der Waals surface area contributed by atoms with Gasteiger partial charge in [0.15, 0.2) is 5.78 Å². The van der Waals surface area contributed by atoms with E-state index in [1.807, 2.05) is 6.07 Å². The number of hydrogen-bond donors (Lipinski definition) is 0. The fourth-order valence-electron chi connectivity index (χ4n) is 1.83. The summed E-state index contributed by atoms with van der Waals surface area (Å²) in [6, 6.07) is 11.5. The molecule has 0 unspecified atom stereocenters. The van der Waals surface area contributed by atoms with Gasteiger partial charge in [0.05, 0.1) is 4.92 Å². The molecule has 0 aliphatic carbocycles. The monoisotopic (exact) mass is 301 g/mol. The lowest BCUT2D eigenvalue weighted by Gasteiger charge is -2.00. The molecule has 0 N–H and O–H groups in total. The van der Waals surface area contributed by atoms with Gasteiger partial charge in [-0.2, -0.15) is 0 Å². The highest BCUT2D eigenvalue weighted by Gasteiger charge is 2.13. The minimum absolute atomic E-state index is 0.0630. The van der Waals surface area contributed by atoms with E-state index in [1.54, 1.807) is 43.3 Å². The number of benzene rings is 2. The Morgan fingerprint density at radius 2 is 1.95 bits per heavy atom. The third-order valence-corrected chi connectivity index (χ3v) is 3.35. The Hall–Kier alpha value is -2.46. The van der Waals surface area contributed by atoms with Gasteiger partial charge in [0.25, 0.3) is 5.69 Å². The molecule has 0 radical (unpaired) electrons. The largest absolute Gasteiger partial charge is 0.289 e. The molecule has 106 valence electrons. The molecule has 2 aromatic carbocycles. The first-order chi connectivity index (χ1) is 9.99. The second kappa shape index (κ2) is 6.33. The summed E-state index contributed by atoms with van der Waals surface area (Å²) in [6.45, 7) is 1.63. The average molecular weight is 302 g/mol. The van der Waals surface area contributed by atoms with Crippen LogP contribution in [0.3, 0.4) is 0 Å². The minimum Gasteiger partial charge on any atom is -0.289 e. The number of hydrogen-bond acceptors (Lipinski definition) is 3. The molecule has 0 aliphatic heterocycles. The van der Waals surface area contributed by atoms with Crippen molar-refractivity contribution in [3.8, 4) is 0 Å². The molecular formula is C16H12ClNO3. The van der Waals surface area contributed by atoms with Crippen LogP contribution in [0.2, 0.25) is 5.02 Å². The minimum atomic E-state index is -0.496. The van der Waals surface area contributed by atoms with E-state index in [1.165, 1.54) is 12.1 Å². The molecule has 2 aromatic rings. The molecule has 0 saturated heterocycles. The highest BCUT2D eigenvalue weighted by atomic mass is 35.5. The molecule has 0 bridgehead atoms. The van der Waals surface area contributed by atoms with Crippen molar-refractivity contribution in [3.63, 3.8) is 0 Å². The zero-order valence-corrected chi connectivity index (χ0v) is 12.0. The highest BCUT2D eigenvalue weighted by Crippen LogP contribution is 2.21. The molecule has 5 heteroatoms. The normalized spacial score (nSPS) is 10.8. The summed E-state index contributed by atoms with van der Waals surface area (Å²) in [7, 11) is 0. The van der Waals surface area contributed by atoms with Gasteiger partial charge in [-0.15, -0.1) is 0 Å². The van der Waals surface area contributed by atoms with Crippen LogP contribution in [0.25, 0.3) is 6.08 Å². The topological polar surface area (TPSA) is 60.2 Å². The molecule has 0 atom stereocenters. The molecule has 0 amide bonds. The summed E-state index contributed by atoms with van der Waals surface area (Å²) in [5.41, 5.74) is 1.45. The van der Waals surface area contributed by atoms with Crippen LogP contribution in [0.1, 0.15) is 21.5 Å². The van der Waals surface area contributed by atoms with Crippen LogP contribution in [0, 0.1) is 17.0 Å². The Bertz CT molecular complexity index is 738. The Labute approximate surface area is 126 Å². The second-order valence-corrected chi connectivity index (χ2v) is 4.88. The van der Waals surface area contributed by atoms with Gasteiger partial charge >= 0.3 is 0 Å². The summed E-state index contributed by atoms with van der Waals surface area (Å²) in [5.74, 6) is -0.307. The van der Waals surface area contributed by atoms with Gasteiger partial charge in [0.2, 0.25) is 0 Å². The van der Waals surface area contributed by atoms with Crippen molar-refractivity contribution in [3.05, 3.63) is 80.4 Å². The standard InChI is InChI=1S/C16H12ClNO3/c1-11-6-7-13(10-15(11)18(20)21)16(19)9-8-12-4-2-3-5-14(12)17/h2-10H,1H3/b9-8+. The Morgan fingerprint density at radius 3 is 2.62 bits per heavy atom. The van der Waals surface area contributed by atoms with Crippen LogP contribution in [0.15, 0.2) is 48.5 Å². The number of nitro groups is 1. The van der Waals surface area contributed by atoms with Gasteiger partial charge in [-0.05, 0) is 30.7 Å². The van der Waals surface area contributed by atoms with E-state index in [2.05, 4.69) is 0 Å². The summed E-state index contributed by atoms with van der Waals surface area (Å²) < 4.78 is 0. The fraction of sp³-hybridized carbons (Fsp3) is 0.0625. The summed E-state index contributed by atoms with van der Waals surface area (Å²) in [5, 5.41) is 11.4. The number of ketones is 1. The second-order valence-electron chi connectivity index (χ2n) is 4.48. The zero-order valence-electron chi connectivity index (χ0n) is 11.2. The SMILES string of the molecule is Cc1ccc(C(=O)/C=C/c2ccccc2Cl)cc1[N+](=O)[O-]. The predicted octanol–water partition coefficient (Wildman–Crippen LogP) is 4.45. The molecule has 0 aromatic heterocycles. The average Bonchev–Trinajstić information content (AvgIpc) is 2.46. The third-order valence-electron chi connectivity index (χ3n) is 3.01. The van der Waals surface area contributed by atoms with Crippen LogP contribution in [0.4, 0.5) is 5.69 Å². The number of carbonyl (C=O) groups excluding carboxylic acids is 1. The van der Waals surface area contributed by atoms with E-state index < -0.39 is 4.92 Å². The van der Waals surface area contributed by atoms with Gasteiger partial charge in [-0.25, -0.2) is 0 Å². The molecule has 0 spiro atoms. The van der Waals surface area contributed by atoms with Crippen molar-refractivity contribution in [1.82, 2.24) is 0 Å². The molecule has 0 fully saturated rings. The first-order valence-electron chi connectivity index (χ1n) is 6.21. The summed E-state index contributed by atoms with van der Waals surface area (Å²) in [6.07, 6.45) is 2.95. The van der Waals surface area contributed by atoms with Crippen LogP contribution in [-0.2, 0) is 0 Å². The number of carbonyl (C=O) groups is 1. The summed E-state index contributed by atoms with van der Waals surface area (Å²) >= 11 is 5.99. The first kappa shape index (κ1) is 14.9. The van der Waals surface area contributed by atoms with Gasteiger partial charge < -0.3 is 0 Å². The van der Waals surface area contributed by atoms with Crippen LogP contribution in [0.5, 0.6) is 0 Å². The van der Waals surface area contributed by atoms with Gasteiger partial charge in [0.1, 0.15) is 0 Å². The lowest BCUT2D eigenvalue weighted by molar-refractivity contribution is -0.385. The van der Waals surface area contributed by atoms with Crippen LogP contribution < -0.4 is 0 Å². The molecule has 2 rings (SSSR count). The Balaban J connectivity index is 2.27. The molecule has 0 saturated carbocycles. The number of halogens is 1. The lowest BCUT2D eigenvalue weighted by Crippen LogP contribution is -1.98. The van der Waals surface area contributed by atoms with Crippen molar-refractivity contribution in [1.29, 1.82) is 0 Å². The smallest absolute Gasteiger partial charge is 0.273 e. The molecule has 0 aliphatic rings. The maximum Gasteiger partial charge on any atom is 0.273 e. The third kappa shape index (κ3) is 3.55. The van der Waals surface area contributed by atoms with E-state index in [-0.39, 0.29) is 17.0 Å². The van der Waals surface area contributed by atoms with Crippen molar-refractivity contribution < 1.29 is 9.72 Å². The predicted molar refractivity (Wildman–Crippen MR) is 82.6 cm³/mol. The van der Waals surface area contributed by atoms with Crippen molar-refractivity contribution >= 4 is 29.1 Å². The highest BCUT2D eigenvalue weighted by molar-refractivity contribution is 6.32. The van der Waals surface area contributed by atoms with E-state index in [4.69, 9.17) is 11.6 Å². The number of nitro benzene ring substituents is 1. The maximum absolute atomic E-state index is 12.1. The number of rotatable bonds is 4. The molecule has 4 nitrogen and oxygen atoms in total. The molecule has 21 heavy (non-hydrogen) atoms. The lowest BCUT2D eigenvalue weighted by atomic mass is 10.1. The van der Waals surface area contributed by atoms with Crippen LogP contribution >= 0.6 is 11.6 Å². The van der Waals surface area contributed by atoms with E-state index in [0.29, 0.717) is 16.1 Å². The van der Waals surface area contributed by atoms with Gasteiger partial charge in [0, 0.05) is 22.2 Å². The quantitative estimate of drug-likeness (QED) is 0.363. The van der Waals surface area contributed by atoms with Crippen molar-refractivity contribution in [2.24, 2.45) is 0 Å². The number of allylic oxidation sites excluding steroid dienone is 1. The zero-order chi connectivity index (χ0) is 15.4. The van der Waals surface area contributed by atoms with Gasteiger partial charge in [-0.1, -0.05) is 41.9 Å². The number of aryl methyl sites for hydroxylation is 1. The van der Waals surface area contributed by atoms with E-state index in [9.17, 15) is 14.9 Å². The number of nitrogens with zero attached hydrogens (tertiary/aromatic N) is 1. The van der Waals surface area contributed by atoms with E-state index >= 15 is 0 Å². The van der Waals surface area contributed by atoms with Gasteiger partial charge in [-0.3, -0.25) is 14.9 Å². The van der Waals surface area contributed by atoms with E-state index in [0.717, 1.165) is 0 Å². The van der Waals surface area contributed by atoms with Crippen molar-refractivity contribution in [2.45, 2.75) is 6.92 Å². The molecule has 0 heterocycles. The van der Waals surface area contributed by atoms with Crippen molar-refractivity contribution in [2.75, 3.05) is 0 Å². The fourth-order valence-corrected chi connectivity index (χ4v) is 2.03. The maximum atomic E-state index is 12.1. The Morgan fingerprint density at radius 1 is 1.24 bits per heavy atom. The first-order valence-corrected chi connectivity index (χ1v) is 6.59. The van der Waals surface area contributed by atoms with Crippen LogP contribution in [-0.4, -0.2) is 10.7 Å². The Kier molecular flexibility index (Phi) is 4.50.